The number of methoxy groups -OCH3 is 1. The van der Waals surface area contributed by atoms with Crippen LogP contribution in [0.1, 0.15) is 36.7 Å². The van der Waals surface area contributed by atoms with Crippen molar-refractivity contribution in [3.05, 3.63) is 83.9 Å². The third-order valence-electron chi connectivity index (χ3n) is 5.47. The molecule has 2 amide bonds. The summed E-state index contributed by atoms with van der Waals surface area (Å²) in [7, 11) is -2.21. The minimum absolute atomic E-state index is 0.0123. The van der Waals surface area contributed by atoms with Gasteiger partial charge in [-0.2, -0.15) is 0 Å². The van der Waals surface area contributed by atoms with Crippen LogP contribution in [0.2, 0.25) is 0 Å². The summed E-state index contributed by atoms with van der Waals surface area (Å²) >= 11 is 0. The lowest BCUT2D eigenvalue weighted by Gasteiger charge is -2.22. The maximum atomic E-state index is 12.7. The van der Waals surface area contributed by atoms with Crippen molar-refractivity contribution in [3.63, 3.8) is 0 Å². The van der Waals surface area contributed by atoms with E-state index in [0.717, 1.165) is 16.1 Å². The molecule has 8 nitrogen and oxygen atoms in total. The highest BCUT2D eigenvalue weighted by atomic mass is 32.2. The molecule has 0 fully saturated rings. The largest absolute Gasteiger partial charge is 0.497 e. The molecule has 0 aromatic heterocycles. The van der Waals surface area contributed by atoms with Crippen LogP contribution in [-0.2, 0) is 20.2 Å². The van der Waals surface area contributed by atoms with Crippen LogP contribution >= 0.6 is 0 Å². The summed E-state index contributed by atoms with van der Waals surface area (Å²) in [5.74, 6) is -0.236. The predicted molar refractivity (Wildman–Crippen MR) is 143 cm³/mol. The molecule has 36 heavy (non-hydrogen) atoms. The summed E-state index contributed by atoms with van der Waals surface area (Å²) in [6.45, 7) is 5.90. The molecule has 190 valence electrons. The first-order chi connectivity index (χ1) is 16.9. The lowest BCUT2D eigenvalue weighted by molar-refractivity contribution is -0.114. The third kappa shape index (κ3) is 7.08. The Morgan fingerprint density at radius 2 is 1.47 bits per heavy atom. The van der Waals surface area contributed by atoms with E-state index in [9.17, 15) is 18.0 Å². The smallest absolute Gasteiger partial charge is 0.255 e. The topological polar surface area (TPSA) is 105 Å². The predicted octanol–water partition coefficient (Wildman–Crippen LogP) is 4.65. The fraction of sp³-hybridized carbons (Fsp3) is 0.259. The number of nitrogens with one attached hydrogen (secondary N) is 2. The molecule has 0 aliphatic rings. The minimum Gasteiger partial charge on any atom is -0.497 e. The number of sulfonamides is 1. The van der Waals surface area contributed by atoms with E-state index in [4.69, 9.17) is 4.74 Å². The number of hydrogen-bond donors (Lipinski definition) is 2. The Kier molecular flexibility index (Phi) is 8.04. The van der Waals surface area contributed by atoms with Crippen molar-refractivity contribution in [1.82, 2.24) is 0 Å². The van der Waals surface area contributed by atoms with E-state index in [2.05, 4.69) is 31.4 Å². The van der Waals surface area contributed by atoms with Crippen LogP contribution in [0, 0.1) is 0 Å². The van der Waals surface area contributed by atoms with E-state index in [1.165, 1.54) is 7.11 Å². The number of nitrogens with zero attached hydrogens (tertiary/aromatic N) is 1. The molecule has 0 radical (unpaired) electrons. The first-order valence-corrected chi connectivity index (χ1v) is 13.2. The Labute approximate surface area is 212 Å². The molecular formula is C27H31N3O5S. The quantitative estimate of drug-likeness (QED) is 0.460. The second kappa shape index (κ2) is 10.8. The second-order valence-electron chi connectivity index (χ2n) is 9.38. The molecule has 0 aliphatic heterocycles. The molecule has 3 aromatic rings. The molecule has 0 spiro atoms. The van der Waals surface area contributed by atoms with Gasteiger partial charge in [-0.05, 0) is 65.6 Å². The van der Waals surface area contributed by atoms with E-state index >= 15 is 0 Å². The number of hydrogen-bond acceptors (Lipinski definition) is 5. The van der Waals surface area contributed by atoms with Crippen LogP contribution in [0.5, 0.6) is 5.75 Å². The number of carbonyl (C=O) groups is 2. The Hall–Kier alpha value is -3.85. The highest BCUT2D eigenvalue weighted by Gasteiger charge is 2.21. The van der Waals surface area contributed by atoms with Gasteiger partial charge in [0.15, 0.2) is 0 Å². The van der Waals surface area contributed by atoms with Gasteiger partial charge in [0.1, 0.15) is 12.3 Å². The Morgan fingerprint density at radius 1 is 0.889 bits per heavy atom. The molecule has 0 atom stereocenters. The van der Waals surface area contributed by atoms with Crippen molar-refractivity contribution in [3.8, 4) is 5.75 Å². The molecule has 3 rings (SSSR count). The van der Waals surface area contributed by atoms with Crippen LogP contribution in [0.15, 0.2) is 72.8 Å². The first kappa shape index (κ1) is 26.7. The third-order valence-corrected chi connectivity index (χ3v) is 6.61. The number of carbonyl (C=O) groups excluding carboxylic acids is 2. The van der Waals surface area contributed by atoms with Crippen LogP contribution in [0.3, 0.4) is 0 Å². The zero-order chi connectivity index (χ0) is 26.5. The van der Waals surface area contributed by atoms with Crippen molar-refractivity contribution in [2.24, 2.45) is 0 Å². The normalized spacial score (nSPS) is 11.5. The zero-order valence-corrected chi connectivity index (χ0v) is 21.8. The van der Waals surface area contributed by atoms with Gasteiger partial charge in [-0.15, -0.1) is 0 Å². The summed E-state index contributed by atoms with van der Waals surface area (Å²) < 4.78 is 30.8. The van der Waals surface area contributed by atoms with Crippen molar-refractivity contribution < 1.29 is 22.7 Å². The van der Waals surface area contributed by atoms with Gasteiger partial charge >= 0.3 is 0 Å². The number of ether oxygens (including phenoxy) is 1. The molecular weight excluding hydrogens is 478 g/mol. The van der Waals surface area contributed by atoms with Gasteiger partial charge in [0, 0.05) is 16.9 Å². The molecule has 0 aliphatic carbocycles. The summed E-state index contributed by atoms with van der Waals surface area (Å²) in [5, 5.41) is 5.52. The lowest BCUT2D eigenvalue weighted by atomic mass is 9.87. The van der Waals surface area contributed by atoms with E-state index in [1.54, 1.807) is 60.7 Å². The van der Waals surface area contributed by atoms with E-state index in [1.807, 2.05) is 12.1 Å². The SMILES string of the molecule is COc1ccc(N(CC(=O)Nc2cccc(NC(=O)c3ccc(C(C)(C)C)cc3)c2)S(C)(=O)=O)cc1. The summed E-state index contributed by atoms with van der Waals surface area (Å²) in [4.78, 5) is 25.4. The maximum Gasteiger partial charge on any atom is 0.255 e. The van der Waals surface area contributed by atoms with Crippen LogP contribution in [-0.4, -0.2) is 40.1 Å². The molecule has 9 heteroatoms. The maximum absolute atomic E-state index is 12.7. The van der Waals surface area contributed by atoms with Gasteiger partial charge in [-0.3, -0.25) is 13.9 Å². The molecule has 0 saturated heterocycles. The average Bonchev–Trinajstić information content (AvgIpc) is 2.82. The molecule has 3 aromatic carbocycles. The fourth-order valence-electron chi connectivity index (χ4n) is 3.48. The van der Waals surface area contributed by atoms with Gasteiger partial charge in [0.25, 0.3) is 5.91 Å². The van der Waals surface area contributed by atoms with Gasteiger partial charge < -0.3 is 15.4 Å². The summed E-state index contributed by atoms with van der Waals surface area (Å²) in [6, 6.07) is 20.5. The summed E-state index contributed by atoms with van der Waals surface area (Å²) in [5.41, 5.74) is 2.88. The van der Waals surface area contributed by atoms with E-state index < -0.39 is 22.5 Å². The van der Waals surface area contributed by atoms with Crippen LogP contribution in [0.25, 0.3) is 0 Å². The van der Waals surface area contributed by atoms with Gasteiger partial charge in [0.05, 0.1) is 19.1 Å². The number of anilines is 3. The number of rotatable bonds is 8. The molecule has 0 heterocycles. The Balaban J connectivity index is 1.68. The monoisotopic (exact) mass is 509 g/mol. The molecule has 0 bridgehead atoms. The van der Waals surface area contributed by atoms with E-state index in [-0.39, 0.29) is 11.3 Å². The molecule has 2 N–H and O–H groups in total. The fourth-order valence-corrected chi connectivity index (χ4v) is 4.34. The van der Waals surface area contributed by atoms with Crippen LogP contribution < -0.4 is 19.7 Å². The second-order valence-corrected chi connectivity index (χ2v) is 11.3. The first-order valence-electron chi connectivity index (χ1n) is 11.3. The van der Waals surface area contributed by atoms with Gasteiger partial charge in [0.2, 0.25) is 15.9 Å². The van der Waals surface area contributed by atoms with Crippen molar-refractivity contribution >= 4 is 38.9 Å². The minimum atomic E-state index is -3.72. The highest BCUT2D eigenvalue weighted by molar-refractivity contribution is 7.92. The zero-order valence-electron chi connectivity index (χ0n) is 21.0. The highest BCUT2D eigenvalue weighted by Crippen LogP contribution is 2.24. The van der Waals surface area contributed by atoms with Crippen molar-refractivity contribution in [2.45, 2.75) is 26.2 Å². The van der Waals surface area contributed by atoms with Gasteiger partial charge in [-0.25, -0.2) is 8.42 Å². The molecule has 0 unspecified atom stereocenters. The Morgan fingerprint density at radius 3 is 2.00 bits per heavy atom. The lowest BCUT2D eigenvalue weighted by Crippen LogP contribution is -2.37. The summed E-state index contributed by atoms with van der Waals surface area (Å²) in [6.07, 6.45) is 1.04. The van der Waals surface area contributed by atoms with Crippen molar-refractivity contribution in [2.75, 3.05) is 34.8 Å². The van der Waals surface area contributed by atoms with E-state index in [0.29, 0.717) is 28.4 Å². The number of amides is 2. The van der Waals surface area contributed by atoms with Crippen LogP contribution in [0.4, 0.5) is 17.1 Å². The van der Waals surface area contributed by atoms with Crippen molar-refractivity contribution in [1.29, 1.82) is 0 Å². The van der Waals surface area contributed by atoms with Gasteiger partial charge in [-0.1, -0.05) is 39.0 Å². The standard InChI is InChI=1S/C27H31N3O5S/c1-27(2,3)20-11-9-19(10-12-20)26(32)29-22-8-6-7-21(17-22)28-25(31)18-30(36(5,33)34)23-13-15-24(35-4)16-14-23/h6-17H,18H2,1-5H3,(H,28,31)(H,29,32). The number of benzene rings is 3. The molecule has 0 saturated carbocycles. The Bertz CT molecular complexity index is 1330. The average molecular weight is 510 g/mol.